The third-order valence-electron chi connectivity index (χ3n) is 9.13. The number of hydrogen-bond acceptors (Lipinski definition) is 6. The van der Waals surface area contributed by atoms with E-state index < -0.39 is 18.1 Å². The van der Waals surface area contributed by atoms with E-state index in [1.165, 1.54) is 0 Å². The van der Waals surface area contributed by atoms with E-state index in [0.717, 1.165) is 22.3 Å². The number of carbonyl (C=O) groups is 2. The molecule has 2 aliphatic heterocycles. The summed E-state index contributed by atoms with van der Waals surface area (Å²) < 4.78 is 47.1. The minimum Gasteiger partial charge on any atom is -0.417 e. The maximum Gasteiger partial charge on any atom is 0.491 e. The van der Waals surface area contributed by atoms with Gasteiger partial charge in [0.2, 0.25) is 0 Å². The Hall–Kier alpha value is -4.16. The van der Waals surface area contributed by atoms with Crippen LogP contribution >= 0.6 is 11.6 Å². The van der Waals surface area contributed by atoms with Gasteiger partial charge in [-0.1, -0.05) is 35.9 Å². The second-order valence-corrected chi connectivity index (χ2v) is 12.3. The summed E-state index contributed by atoms with van der Waals surface area (Å²) in [6, 6.07) is 15.3. The van der Waals surface area contributed by atoms with Crippen LogP contribution in [-0.2, 0) is 18.4 Å². The standard InChI is InChI=1S/C33H36ClF3N6O3/c1-21-19-42(27-10-6-7-23-11-12-38-28(23)27)17-18-43(21)31(44)29-30(46-32(45)33(35,36)37)24(22(2)39(29)3)20-40-13-15-41(16-14-40)26-9-5-4-8-25(26)34/h4-12,21,38H,13-20H2,1-3H3/t21-/m0/s1. The second kappa shape index (κ2) is 12.6. The Morgan fingerprint density at radius 3 is 2.35 bits per heavy atom. The van der Waals surface area contributed by atoms with E-state index in [1.807, 2.05) is 61.7 Å². The molecule has 2 aliphatic rings. The number of anilines is 2. The predicted molar refractivity (Wildman–Crippen MR) is 172 cm³/mol. The monoisotopic (exact) mass is 656 g/mol. The van der Waals surface area contributed by atoms with Gasteiger partial charge >= 0.3 is 12.1 Å². The number of halogens is 4. The number of ether oxygens (including phenoxy) is 1. The fraction of sp³-hybridized carbons (Fsp3) is 0.394. The Balaban J connectivity index is 1.24. The summed E-state index contributed by atoms with van der Waals surface area (Å²) in [5.41, 5.74) is 3.84. The maximum absolute atomic E-state index is 14.2. The third-order valence-corrected chi connectivity index (χ3v) is 9.45. The van der Waals surface area contributed by atoms with Gasteiger partial charge in [0.15, 0.2) is 11.4 Å². The van der Waals surface area contributed by atoms with Gasteiger partial charge in [-0.2, -0.15) is 13.2 Å². The number of alkyl halides is 3. The second-order valence-electron chi connectivity index (χ2n) is 11.9. The summed E-state index contributed by atoms with van der Waals surface area (Å²) in [7, 11) is 1.62. The highest BCUT2D eigenvalue weighted by atomic mass is 35.5. The number of esters is 1. The minimum absolute atomic E-state index is 0.0634. The highest BCUT2D eigenvalue weighted by molar-refractivity contribution is 6.33. The van der Waals surface area contributed by atoms with Crippen LogP contribution < -0.4 is 14.5 Å². The number of nitrogens with zero attached hydrogens (tertiary/aromatic N) is 5. The van der Waals surface area contributed by atoms with Crippen molar-refractivity contribution in [3.8, 4) is 5.75 Å². The molecule has 244 valence electrons. The molecule has 0 radical (unpaired) electrons. The summed E-state index contributed by atoms with van der Waals surface area (Å²) in [6.07, 6.45) is -3.34. The average molecular weight is 657 g/mol. The number of fused-ring (bicyclic) bond motifs is 1. The molecule has 1 atom stereocenters. The van der Waals surface area contributed by atoms with Gasteiger partial charge in [0.25, 0.3) is 5.91 Å². The van der Waals surface area contributed by atoms with Crippen LogP contribution in [0.15, 0.2) is 54.7 Å². The summed E-state index contributed by atoms with van der Waals surface area (Å²) in [5.74, 6) is -3.16. The van der Waals surface area contributed by atoms with Crippen molar-refractivity contribution < 1.29 is 27.5 Å². The molecule has 0 spiro atoms. The van der Waals surface area contributed by atoms with Crippen LogP contribution in [0.25, 0.3) is 10.9 Å². The average Bonchev–Trinajstić information content (AvgIpc) is 3.60. The zero-order valence-electron chi connectivity index (χ0n) is 25.9. The Bertz CT molecular complexity index is 1760. The molecule has 1 N–H and O–H groups in total. The fourth-order valence-electron chi connectivity index (χ4n) is 6.54. The zero-order chi connectivity index (χ0) is 32.7. The third kappa shape index (κ3) is 6.03. The Morgan fingerprint density at radius 2 is 1.65 bits per heavy atom. The number of nitrogens with one attached hydrogen (secondary N) is 1. The van der Waals surface area contributed by atoms with Crippen molar-refractivity contribution in [1.82, 2.24) is 19.4 Å². The van der Waals surface area contributed by atoms with Crippen molar-refractivity contribution in [1.29, 1.82) is 0 Å². The van der Waals surface area contributed by atoms with E-state index in [1.54, 1.807) is 23.4 Å². The van der Waals surface area contributed by atoms with Crippen LogP contribution in [0.2, 0.25) is 5.02 Å². The van der Waals surface area contributed by atoms with Crippen LogP contribution in [-0.4, -0.2) is 89.3 Å². The largest absolute Gasteiger partial charge is 0.491 e. The molecule has 9 nitrogen and oxygen atoms in total. The van der Waals surface area contributed by atoms with Crippen LogP contribution in [0.4, 0.5) is 24.5 Å². The normalized spacial score (nSPS) is 18.0. The van der Waals surface area contributed by atoms with Crippen molar-refractivity contribution in [2.45, 2.75) is 32.6 Å². The topological polar surface area (TPSA) is 77.1 Å². The number of rotatable bonds is 6. The van der Waals surface area contributed by atoms with Crippen LogP contribution in [0, 0.1) is 6.92 Å². The molecule has 2 aromatic carbocycles. The van der Waals surface area contributed by atoms with E-state index >= 15 is 0 Å². The molecule has 0 bridgehead atoms. The molecule has 0 aliphatic carbocycles. The molecule has 2 fully saturated rings. The molecule has 4 heterocycles. The van der Waals surface area contributed by atoms with Gasteiger partial charge in [0.05, 0.1) is 21.9 Å². The molecule has 2 aromatic heterocycles. The molecule has 6 rings (SSSR count). The number of H-pyrrole nitrogens is 1. The van der Waals surface area contributed by atoms with Crippen LogP contribution in [0.5, 0.6) is 5.75 Å². The number of para-hydroxylation sites is 2. The summed E-state index contributed by atoms with van der Waals surface area (Å²) in [5, 5.41) is 1.73. The number of aromatic nitrogens is 2. The molecule has 4 aromatic rings. The number of benzene rings is 2. The van der Waals surface area contributed by atoms with Crippen LogP contribution in [0.1, 0.15) is 28.7 Å². The van der Waals surface area contributed by atoms with Gasteiger partial charge in [-0.15, -0.1) is 0 Å². The molecule has 13 heteroatoms. The van der Waals surface area contributed by atoms with Gasteiger partial charge in [-0.25, -0.2) is 4.79 Å². The first-order chi connectivity index (χ1) is 21.9. The highest BCUT2D eigenvalue weighted by Crippen LogP contribution is 2.36. The first kappa shape index (κ1) is 31.8. The zero-order valence-corrected chi connectivity index (χ0v) is 26.7. The van der Waals surface area contributed by atoms with Crippen molar-refractivity contribution in [2.24, 2.45) is 7.05 Å². The Morgan fingerprint density at radius 1 is 0.957 bits per heavy atom. The van der Waals surface area contributed by atoms with E-state index in [0.29, 0.717) is 62.1 Å². The van der Waals surface area contributed by atoms with Crippen molar-refractivity contribution in [3.63, 3.8) is 0 Å². The van der Waals surface area contributed by atoms with E-state index in [-0.39, 0.29) is 24.0 Å². The van der Waals surface area contributed by atoms with Gasteiger partial charge < -0.3 is 29.0 Å². The van der Waals surface area contributed by atoms with Gasteiger partial charge in [0, 0.05) is 88.3 Å². The quantitative estimate of drug-likeness (QED) is 0.272. The summed E-state index contributed by atoms with van der Waals surface area (Å²) in [6.45, 7) is 7.75. The number of piperazine rings is 2. The Kier molecular flexibility index (Phi) is 8.68. The maximum atomic E-state index is 14.2. The van der Waals surface area contributed by atoms with E-state index in [9.17, 15) is 22.8 Å². The lowest BCUT2D eigenvalue weighted by atomic mass is 10.1. The molecule has 2 saturated heterocycles. The molecule has 0 saturated carbocycles. The van der Waals surface area contributed by atoms with Crippen molar-refractivity contribution in [3.05, 3.63) is 76.7 Å². The molecule has 0 unspecified atom stereocenters. The number of hydrogen-bond donors (Lipinski definition) is 1. The first-order valence-electron chi connectivity index (χ1n) is 15.2. The number of aromatic amines is 1. The molecular formula is C33H36ClF3N6O3. The van der Waals surface area contributed by atoms with E-state index in [4.69, 9.17) is 16.3 Å². The predicted octanol–water partition coefficient (Wildman–Crippen LogP) is 5.61. The SMILES string of the molecule is Cc1c(CN2CCN(c3ccccc3Cl)CC2)c(OC(=O)C(F)(F)F)c(C(=O)N2CCN(c3cccc4cc[nH]c34)C[C@@H]2C)n1C. The molecule has 46 heavy (non-hydrogen) atoms. The number of carbonyl (C=O) groups excluding carboxylic acids is 2. The minimum atomic E-state index is -5.22. The van der Waals surface area contributed by atoms with Crippen molar-refractivity contribution >= 4 is 45.8 Å². The highest BCUT2D eigenvalue weighted by Gasteiger charge is 2.44. The lowest BCUT2D eigenvalue weighted by Crippen LogP contribution is -2.54. The lowest BCUT2D eigenvalue weighted by molar-refractivity contribution is -0.189. The molecular weight excluding hydrogens is 621 g/mol. The summed E-state index contributed by atoms with van der Waals surface area (Å²) >= 11 is 6.39. The van der Waals surface area contributed by atoms with Gasteiger partial charge in [-0.3, -0.25) is 9.69 Å². The van der Waals surface area contributed by atoms with Crippen molar-refractivity contribution in [2.75, 3.05) is 55.6 Å². The first-order valence-corrected chi connectivity index (χ1v) is 15.6. The smallest absolute Gasteiger partial charge is 0.417 e. The lowest BCUT2D eigenvalue weighted by Gasteiger charge is -2.41. The summed E-state index contributed by atoms with van der Waals surface area (Å²) in [4.78, 5) is 37.7. The van der Waals surface area contributed by atoms with Gasteiger partial charge in [-0.05, 0) is 38.1 Å². The van der Waals surface area contributed by atoms with Crippen LogP contribution in [0.3, 0.4) is 0 Å². The number of amides is 1. The Labute approximate surface area is 270 Å². The van der Waals surface area contributed by atoms with E-state index in [2.05, 4.69) is 19.7 Å². The fourth-order valence-corrected chi connectivity index (χ4v) is 6.80. The molecule has 1 amide bonds. The van der Waals surface area contributed by atoms with Gasteiger partial charge in [0.1, 0.15) is 0 Å².